The normalized spacial score (nSPS) is 20.0. The highest BCUT2D eigenvalue weighted by atomic mass is 16.1. The van der Waals surface area contributed by atoms with Gasteiger partial charge in [0.15, 0.2) is 17.3 Å². The highest BCUT2D eigenvalue weighted by molar-refractivity contribution is 5.97. The van der Waals surface area contributed by atoms with Crippen LogP contribution in [0, 0.1) is 5.92 Å². The number of piperidine rings is 1. The van der Waals surface area contributed by atoms with Crippen molar-refractivity contribution in [2.24, 2.45) is 18.7 Å². The Morgan fingerprint density at radius 1 is 1.14 bits per heavy atom. The molecule has 0 spiro atoms. The number of hydrogen-bond donors (Lipinski definition) is 2. The number of aromatic nitrogens is 4. The highest BCUT2D eigenvalue weighted by Gasteiger charge is 2.32. The first-order valence-corrected chi connectivity index (χ1v) is 12.2. The third-order valence-corrected chi connectivity index (χ3v) is 7.08. The molecule has 182 valence electrons. The molecule has 0 unspecified atom stereocenters. The largest absolute Gasteiger partial charge is 0.364 e. The van der Waals surface area contributed by atoms with Crippen molar-refractivity contribution in [1.82, 2.24) is 19.5 Å². The van der Waals surface area contributed by atoms with Gasteiger partial charge in [-0.05, 0) is 56.7 Å². The monoisotopic (exact) mass is 473 g/mol. The fourth-order valence-electron chi connectivity index (χ4n) is 4.87. The van der Waals surface area contributed by atoms with Crippen molar-refractivity contribution in [2.75, 3.05) is 16.8 Å². The molecule has 5 rings (SSSR count). The van der Waals surface area contributed by atoms with Crippen LogP contribution in [0.2, 0.25) is 0 Å². The van der Waals surface area contributed by atoms with E-state index in [2.05, 4.69) is 27.1 Å². The number of ketones is 1. The molecule has 4 heterocycles. The summed E-state index contributed by atoms with van der Waals surface area (Å²) in [5.74, 6) is 1.23. The lowest BCUT2D eigenvalue weighted by molar-refractivity contribution is 0.0944. The first-order chi connectivity index (χ1) is 16.9. The molecule has 9 heteroatoms. The van der Waals surface area contributed by atoms with E-state index in [1.54, 1.807) is 12.4 Å². The third kappa shape index (κ3) is 5.03. The predicted octanol–water partition coefficient (Wildman–Crippen LogP) is 3.81. The Morgan fingerprint density at radius 2 is 1.97 bits per heavy atom. The summed E-state index contributed by atoms with van der Waals surface area (Å²) >= 11 is 0. The Morgan fingerprint density at radius 3 is 2.63 bits per heavy atom. The van der Waals surface area contributed by atoms with Gasteiger partial charge in [0.1, 0.15) is 5.82 Å². The van der Waals surface area contributed by atoms with Crippen LogP contribution in [-0.4, -0.2) is 43.8 Å². The lowest BCUT2D eigenvalue weighted by atomic mass is 9.85. The summed E-state index contributed by atoms with van der Waals surface area (Å²) in [5, 5.41) is 3.17. The molecule has 1 aliphatic carbocycles. The summed E-state index contributed by atoms with van der Waals surface area (Å²) in [6.45, 7) is 2.93. The van der Waals surface area contributed by atoms with Crippen LogP contribution >= 0.6 is 0 Å². The van der Waals surface area contributed by atoms with E-state index in [0.29, 0.717) is 29.5 Å². The Kier molecular flexibility index (Phi) is 6.23. The topological polar surface area (TPSA) is 119 Å². The van der Waals surface area contributed by atoms with E-state index in [1.165, 1.54) is 12.8 Å². The molecule has 1 amide bonds. The van der Waals surface area contributed by atoms with Crippen LogP contribution in [0.4, 0.5) is 17.3 Å². The minimum Gasteiger partial charge on any atom is -0.364 e. The van der Waals surface area contributed by atoms with Gasteiger partial charge >= 0.3 is 0 Å². The van der Waals surface area contributed by atoms with Gasteiger partial charge in [-0.1, -0.05) is 0 Å². The number of amides is 1. The molecule has 9 nitrogen and oxygen atoms in total. The van der Waals surface area contributed by atoms with E-state index < -0.39 is 5.91 Å². The molecule has 2 fully saturated rings. The molecule has 0 bridgehead atoms. The molecule has 3 N–H and O–H groups in total. The molecule has 2 atom stereocenters. The third-order valence-electron chi connectivity index (χ3n) is 7.08. The van der Waals surface area contributed by atoms with Gasteiger partial charge in [-0.15, -0.1) is 0 Å². The molecule has 3 aromatic rings. The van der Waals surface area contributed by atoms with E-state index >= 15 is 0 Å². The van der Waals surface area contributed by atoms with Crippen molar-refractivity contribution in [1.29, 1.82) is 0 Å². The van der Waals surface area contributed by atoms with Gasteiger partial charge in [0, 0.05) is 61.8 Å². The van der Waals surface area contributed by atoms with Crippen LogP contribution in [0.15, 0.2) is 43.0 Å². The van der Waals surface area contributed by atoms with Gasteiger partial charge < -0.3 is 20.5 Å². The van der Waals surface area contributed by atoms with Gasteiger partial charge in [-0.25, -0.2) is 9.97 Å². The lowest BCUT2D eigenvalue weighted by Crippen LogP contribution is -2.44. The average Bonchev–Trinajstić information content (AvgIpc) is 3.62. The van der Waals surface area contributed by atoms with Crippen molar-refractivity contribution in [3.8, 4) is 0 Å². The van der Waals surface area contributed by atoms with Crippen LogP contribution in [0.3, 0.4) is 0 Å². The Labute approximate surface area is 204 Å². The Hall–Kier alpha value is -3.75. The van der Waals surface area contributed by atoms with E-state index in [1.807, 2.05) is 42.2 Å². The number of nitrogens with two attached hydrogens (primary N) is 1. The summed E-state index contributed by atoms with van der Waals surface area (Å²) in [6.07, 6.45) is 11.9. The van der Waals surface area contributed by atoms with E-state index in [0.717, 1.165) is 30.8 Å². The molecule has 1 aliphatic heterocycles. The summed E-state index contributed by atoms with van der Waals surface area (Å²) < 4.78 is 1.90. The minimum atomic E-state index is -0.640. The maximum Gasteiger partial charge on any atom is 0.271 e. The highest BCUT2D eigenvalue weighted by Crippen LogP contribution is 2.39. The summed E-state index contributed by atoms with van der Waals surface area (Å²) in [5.41, 5.74) is 8.20. The second-order valence-electron chi connectivity index (χ2n) is 9.69. The quantitative estimate of drug-likeness (QED) is 0.478. The second-order valence-corrected chi connectivity index (χ2v) is 9.69. The van der Waals surface area contributed by atoms with Gasteiger partial charge in [0.2, 0.25) is 0 Å². The average molecular weight is 474 g/mol. The number of primary amides is 1. The number of nitrogens with one attached hydrogen (secondary N) is 1. The molecule has 35 heavy (non-hydrogen) atoms. The summed E-state index contributed by atoms with van der Waals surface area (Å²) in [7, 11) is 1.91. The SMILES string of the molecule is C[C@@H]1[C@H](CC(=O)c2ccc(C3CC3)nc2)CCCN1c1cnc(C(N)=O)c(Nc2ccn(C)c2)n1. The molecule has 3 aromatic heterocycles. The zero-order valence-electron chi connectivity index (χ0n) is 20.1. The van der Waals surface area contributed by atoms with Gasteiger partial charge in [0.05, 0.1) is 11.9 Å². The Balaban J connectivity index is 1.32. The molecule has 1 saturated heterocycles. The van der Waals surface area contributed by atoms with Crippen molar-refractivity contribution in [2.45, 2.75) is 51.0 Å². The van der Waals surface area contributed by atoms with E-state index in [4.69, 9.17) is 10.7 Å². The second kappa shape index (κ2) is 9.48. The van der Waals surface area contributed by atoms with Crippen LogP contribution in [0.5, 0.6) is 0 Å². The zero-order valence-corrected chi connectivity index (χ0v) is 20.1. The first-order valence-electron chi connectivity index (χ1n) is 12.2. The molecule has 0 radical (unpaired) electrons. The fourth-order valence-corrected chi connectivity index (χ4v) is 4.87. The fraction of sp³-hybridized carbons (Fsp3) is 0.423. The molecule has 2 aliphatic rings. The summed E-state index contributed by atoms with van der Waals surface area (Å²) in [4.78, 5) is 40.7. The molecular weight excluding hydrogens is 442 g/mol. The molecular formula is C26H31N7O2. The number of rotatable bonds is 8. The molecule has 0 aromatic carbocycles. The summed E-state index contributed by atoms with van der Waals surface area (Å²) in [6, 6.07) is 5.89. The first kappa shape index (κ1) is 23.0. The number of carbonyl (C=O) groups excluding carboxylic acids is 2. The van der Waals surface area contributed by atoms with E-state index in [9.17, 15) is 9.59 Å². The smallest absolute Gasteiger partial charge is 0.271 e. The van der Waals surface area contributed by atoms with Crippen LogP contribution in [-0.2, 0) is 7.05 Å². The van der Waals surface area contributed by atoms with Crippen LogP contribution in [0.1, 0.15) is 71.5 Å². The van der Waals surface area contributed by atoms with Gasteiger partial charge in [0.25, 0.3) is 5.91 Å². The lowest BCUT2D eigenvalue weighted by Gasteiger charge is -2.40. The standard InChI is InChI=1S/C26H31N7O2/c1-16-18(12-22(34)19-7-8-21(28-13-19)17-5-6-17)4-3-10-33(16)23-14-29-24(25(27)35)26(31-23)30-20-9-11-32(2)15-20/h7-9,11,13-18H,3-6,10,12H2,1-2H3,(H2,27,35)(H,30,31)/t16-,18+/m1/s1. The number of nitrogens with zero attached hydrogens (tertiary/aromatic N) is 5. The number of hydrogen-bond acceptors (Lipinski definition) is 7. The zero-order chi connectivity index (χ0) is 24.5. The van der Waals surface area contributed by atoms with Gasteiger partial charge in [-0.2, -0.15) is 0 Å². The number of Topliss-reactive ketones (excluding diaryl/α,β-unsaturated/α-hetero) is 1. The predicted molar refractivity (Wildman–Crippen MR) is 134 cm³/mol. The molecule has 1 saturated carbocycles. The van der Waals surface area contributed by atoms with Crippen LogP contribution < -0.4 is 16.0 Å². The number of anilines is 3. The number of pyridine rings is 1. The van der Waals surface area contributed by atoms with Crippen LogP contribution in [0.25, 0.3) is 0 Å². The van der Waals surface area contributed by atoms with E-state index in [-0.39, 0.29) is 23.4 Å². The van der Waals surface area contributed by atoms with Crippen molar-refractivity contribution < 1.29 is 9.59 Å². The minimum absolute atomic E-state index is 0.0877. The van der Waals surface area contributed by atoms with Crippen molar-refractivity contribution >= 4 is 29.0 Å². The van der Waals surface area contributed by atoms with Crippen molar-refractivity contribution in [3.05, 3.63) is 59.9 Å². The van der Waals surface area contributed by atoms with Gasteiger partial charge in [-0.3, -0.25) is 14.6 Å². The Bertz CT molecular complexity index is 1230. The maximum absolute atomic E-state index is 13.0. The number of aryl methyl sites for hydroxylation is 1. The maximum atomic E-state index is 13.0. The van der Waals surface area contributed by atoms with Crippen molar-refractivity contribution in [3.63, 3.8) is 0 Å². The number of carbonyl (C=O) groups is 2.